The maximum absolute atomic E-state index is 14.0. The normalized spacial score (nSPS) is 10.6. The van der Waals surface area contributed by atoms with Gasteiger partial charge in [0, 0.05) is 47.6 Å². The monoisotopic (exact) mass is 488 g/mol. The van der Waals surface area contributed by atoms with Crippen LogP contribution < -0.4 is 10.3 Å². The number of hydrogen-bond acceptors (Lipinski definition) is 5. The molecule has 0 spiro atoms. The second kappa shape index (κ2) is 11.1. The lowest BCUT2D eigenvalue weighted by molar-refractivity contribution is 0.103. The molecule has 170 valence electrons. The first-order valence-corrected chi connectivity index (χ1v) is 10.6. The molecule has 0 aliphatic heterocycles. The third-order valence-electron chi connectivity index (χ3n) is 4.84. The summed E-state index contributed by atoms with van der Waals surface area (Å²) in [6.07, 6.45) is 1.85. The Kier molecular flexibility index (Phi) is 8.23. The molecule has 33 heavy (non-hydrogen) atoms. The average Bonchev–Trinajstić information content (AvgIpc) is 2.80. The van der Waals surface area contributed by atoms with Gasteiger partial charge in [-0.2, -0.15) is 5.26 Å². The van der Waals surface area contributed by atoms with E-state index in [1.54, 1.807) is 24.3 Å². The van der Waals surface area contributed by atoms with E-state index >= 15 is 0 Å². The minimum absolute atomic E-state index is 0.0507. The van der Waals surface area contributed by atoms with Crippen LogP contribution in [0.5, 0.6) is 5.75 Å². The lowest BCUT2D eigenvalue weighted by Crippen LogP contribution is -2.24. The Morgan fingerprint density at radius 2 is 1.91 bits per heavy atom. The molecule has 1 heterocycles. The summed E-state index contributed by atoms with van der Waals surface area (Å²) in [7, 11) is 1.53. The molecule has 0 fully saturated rings. The van der Waals surface area contributed by atoms with Crippen molar-refractivity contribution < 1.29 is 18.7 Å². The summed E-state index contributed by atoms with van der Waals surface area (Å²) < 4.78 is 26.1. The van der Waals surface area contributed by atoms with Crippen molar-refractivity contribution in [1.82, 2.24) is 4.57 Å². The number of nitriles is 1. The molecule has 0 amide bonds. The van der Waals surface area contributed by atoms with E-state index < -0.39 is 17.2 Å². The molecule has 0 aliphatic carbocycles. The van der Waals surface area contributed by atoms with Crippen LogP contribution in [0, 0.1) is 17.1 Å². The molecule has 0 atom stereocenters. The highest BCUT2D eigenvalue weighted by molar-refractivity contribution is 6.35. The van der Waals surface area contributed by atoms with Crippen molar-refractivity contribution in [1.29, 1.82) is 5.26 Å². The number of nitrogens with zero attached hydrogens (tertiary/aromatic N) is 2. The number of carbonyl (C=O) groups excluding carboxylic acids is 1. The van der Waals surface area contributed by atoms with Crippen molar-refractivity contribution >= 4 is 29.0 Å². The van der Waals surface area contributed by atoms with Crippen LogP contribution >= 0.6 is 23.2 Å². The number of carbonyl (C=O) groups is 1. The van der Waals surface area contributed by atoms with Crippen molar-refractivity contribution in [3.05, 3.63) is 97.1 Å². The molecule has 6 nitrogen and oxygen atoms in total. The third kappa shape index (κ3) is 5.79. The Bertz CT molecular complexity index is 1260. The molecule has 9 heteroatoms. The highest BCUT2D eigenvalue weighted by atomic mass is 35.5. The Morgan fingerprint density at radius 3 is 2.58 bits per heavy atom. The summed E-state index contributed by atoms with van der Waals surface area (Å²) in [4.78, 5) is 25.7. The molecule has 0 saturated carbocycles. The number of halogens is 3. The van der Waals surface area contributed by atoms with Crippen molar-refractivity contribution in [2.45, 2.75) is 19.6 Å². The van der Waals surface area contributed by atoms with E-state index in [2.05, 4.69) is 0 Å². The Morgan fingerprint density at radius 1 is 1.18 bits per heavy atom. The summed E-state index contributed by atoms with van der Waals surface area (Å²) in [6.45, 7) is 0.601. The minimum atomic E-state index is -0.643. The molecular weight excluding hydrogens is 470 g/mol. The number of rotatable bonds is 9. The molecular formula is C24H19Cl2FN2O4. The molecule has 0 unspecified atom stereocenters. The SMILES string of the molecule is COCCCn1cc(C(=O)c2cc(F)ccc2OCc2c(Cl)cccc2Cl)cc(C#N)c1=O. The van der Waals surface area contributed by atoms with Gasteiger partial charge in [0.05, 0.1) is 5.56 Å². The predicted molar refractivity (Wildman–Crippen MR) is 123 cm³/mol. The first kappa shape index (κ1) is 24.5. The first-order valence-electron chi connectivity index (χ1n) is 9.89. The molecule has 0 radical (unpaired) electrons. The van der Waals surface area contributed by atoms with E-state index in [4.69, 9.17) is 32.7 Å². The van der Waals surface area contributed by atoms with Crippen molar-refractivity contribution in [3.8, 4) is 11.8 Å². The Hall–Kier alpha value is -3.18. The van der Waals surface area contributed by atoms with Crippen LogP contribution in [0.3, 0.4) is 0 Å². The van der Waals surface area contributed by atoms with Crippen molar-refractivity contribution in [3.63, 3.8) is 0 Å². The van der Waals surface area contributed by atoms with E-state index in [1.165, 1.54) is 30.0 Å². The van der Waals surface area contributed by atoms with Gasteiger partial charge in [0.15, 0.2) is 5.78 Å². The molecule has 3 aromatic rings. The van der Waals surface area contributed by atoms with Gasteiger partial charge in [0.25, 0.3) is 5.56 Å². The topological polar surface area (TPSA) is 81.3 Å². The second-order valence-electron chi connectivity index (χ2n) is 7.06. The summed E-state index contributed by atoms with van der Waals surface area (Å²) >= 11 is 12.3. The van der Waals surface area contributed by atoms with Crippen molar-refractivity contribution in [2.75, 3.05) is 13.7 Å². The van der Waals surface area contributed by atoms with Crippen LogP contribution in [0.15, 0.2) is 53.5 Å². The Balaban J connectivity index is 1.97. The summed E-state index contributed by atoms with van der Waals surface area (Å²) in [5.41, 5.74) is -0.213. The Labute approximate surface area is 199 Å². The van der Waals surface area contributed by atoms with Gasteiger partial charge in [-0.25, -0.2) is 4.39 Å². The number of ketones is 1. The molecule has 2 aromatic carbocycles. The largest absolute Gasteiger partial charge is 0.488 e. The molecule has 0 aliphatic rings. The zero-order chi connectivity index (χ0) is 24.0. The smallest absolute Gasteiger partial charge is 0.268 e. The van der Waals surface area contributed by atoms with Gasteiger partial charge in [-0.3, -0.25) is 9.59 Å². The fourth-order valence-corrected chi connectivity index (χ4v) is 3.67. The van der Waals surface area contributed by atoms with Crippen LogP contribution in [0.2, 0.25) is 10.0 Å². The van der Waals surface area contributed by atoms with Crippen molar-refractivity contribution in [2.24, 2.45) is 0 Å². The van der Waals surface area contributed by atoms with E-state index in [-0.39, 0.29) is 35.6 Å². The van der Waals surface area contributed by atoms with Crippen LogP contribution in [0.25, 0.3) is 0 Å². The summed E-state index contributed by atoms with van der Waals surface area (Å²) in [5, 5.41) is 10.1. The van der Waals surface area contributed by atoms with Crippen LogP contribution in [-0.2, 0) is 17.9 Å². The standard InChI is InChI=1S/C24H19Cl2FN2O4/c1-32-9-3-8-29-13-16(10-15(12-28)24(29)31)23(30)18-11-17(27)6-7-22(18)33-14-19-20(25)4-2-5-21(19)26/h2,4-7,10-11,13H,3,8-9,14H2,1H3. The predicted octanol–water partition coefficient (Wildman–Crippen LogP) is 5.01. The zero-order valence-electron chi connectivity index (χ0n) is 17.6. The molecule has 1 aromatic heterocycles. The number of methoxy groups -OCH3 is 1. The quantitative estimate of drug-likeness (QED) is 0.312. The summed E-state index contributed by atoms with van der Waals surface area (Å²) in [6, 6.07) is 11.5. The maximum Gasteiger partial charge on any atom is 0.268 e. The van der Waals surface area contributed by atoms with Gasteiger partial charge in [-0.05, 0) is 42.8 Å². The van der Waals surface area contributed by atoms with Crippen LogP contribution in [0.1, 0.15) is 33.5 Å². The van der Waals surface area contributed by atoms with Gasteiger partial charge in [-0.1, -0.05) is 29.3 Å². The third-order valence-corrected chi connectivity index (χ3v) is 5.54. The van der Waals surface area contributed by atoms with E-state index in [0.29, 0.717) is 28.6 Å². The number of aromatic nitrogens is 1. The fraction of sp³-hybridized carbons (Fsp3) is 0.208. The molecule has 0 bridgehead atoms. The molecule has 0 saturated heterocycles. The van der Waals surface area contributed by atoms with Gasteiger partial charge < -0.3 is 14.0 Å². The van der Waals surface area contributed by atoms with Gasteiger partial charge in [0.1, 0.15) is 29.8 Å². The van der Waals surface area contributed by atoms with E-state index in [1.807, 2.05) is 0 Å². The number of aryl methyl sites for hydroxylation is 1. The van der Waals surface area contributed by atoms with E-state index in [9.17, 15) is 19.2 Å². The van der Waals surface area contributed by atoms with Gasteiger partial charge in [0.2, 0.25) is 0 Å². The number of benzene rings is 2. The highest BCUT2D eigenvalue weighted by Gasteiger charge is 2.20. The van der Waals surface area contributed by atoms with E-state index in [0.717, 1.165) is 12.1 Å². The highest BCUT2D eigenvalue weighted by Crippen LogP contribution is 2.28. The van der Waals surface area contributed by atoms with Crippen LogP contribution in [0.4, 0.5) is 4.39 Å². The first-order chi connectivity index (χ1) is 15.8. The number of ether oxygens (including phenoxy) is 2. The molecule has 0 N–H and O–H groups in total. The zero-order valence-corrected chi connectivity index (χ0v) is 19.1. The van der Waals surface area contributed by atoms with Gasteiger partial charge in [-0.15, -0.1) is 0 Å². The average molecular weight is 489 g/mol. The number of hydrogen-bond donors (Lipinski definition) is 0. The lowest BCUT2D eigenvalue weighted by atomic mass is 10.0. The fourth-order valence-electron chi connectivity index (χ4n) is 3.17. The number of pyridine rings is 1. The van der Waals surface area contributed by atoms with Gasteiger partial charge >= 0.3 is 0 Å². The minimum Gasteiger partial charge on any atom is -0.488 e. The second-order valence-corrected chi connectivity index (χ2v) is 7.87. The van der Waals surface area contributed by atoms with Crippen LogP contribution in [-0.4, -0.2) is 24.1 Å². The maximum atomic E-state index is 14.0. The molecule has 3 rings (SSSR count). The lowest BCUT2D eigenvalue weighted by Gasteiger charge is -2.14. The summed E-state index contributed by atoms with van der Waals surface area (Å²) in [5.74, 6) is -1.14.